The average Bonchev–Trinajstić information content (AvgIpc) is 3.24. The van der Waals surface area contributed by atoms with Gasteiger partial charge in [-0.25, -0.2) is 9.97 Å². The second-order valence-electron chi connectivity index (χ2n) is 8.98. The van der Waals surface area contributed by atoms with Crippen LogP contribution in [-0.4, -0.2) is 56.4 Å². The van der Waals surface area contributed by atoms with Crippen LogP contribution in [0.2, 0.25) is 0 Å². The first-order valence-electron chi connectivity index (χ1n) is 12.0. The Balaban J connectivity index is 1.36. The Bertz CT molecular complexity index is 1220. The topological polar surface area (TPSA) is 120 Å². The molecule has 37 heavy (non-hydrogen) atoms. The molecule has 1 saturated carbocycles. The number of benzene rings is 1. The lowest BCUT2D eigenvalue weighted by atomic mass is 9.93. The second-order valence-corrected chi connectivity index (χ2v) is 8.98. The molecule has 2 aromatic heterocycles. The van der Waals surface area contributed by atoms with E-state index in [0.29, 0.717) is 48.5 Å². The van der Waals surface area contributed by atoms with E-state index in [-0.39, 0.29) is 18.0 Å². The third-order valence-electron chi connectivity index (χ3n) is 6.17. The highest BCUT2D eigenvalue weighted by Crippen LogP contribution is 2.31. The van der Waals surface area contributed by atoms with Gasteiger partial charge in [0.1, 0.15) is 22.9 Å². The number of amidine groups is 1. The fraction of sp³-hybridized carbons (Fsp3) is 0.400. The summed E-state index contributed by atoms with van der Waals surface area (Å²) < 4.78 is 45.7. The van der Waals surface area contributed by atoms with Gasteiger partial charge < -0.3 is 30.4 Å². The van der Waals surface area contributed by atoms with Gasteiger partial charge in [0.25, 0.3) is 0 Å². The normalized spacial score (nSPS) is 19.2. The predicted octanol–water partition coefficient (Wildman–Crippen LogP) is 4.19. The number of hydrogen-bond donors (Lipinski definition) is 5. The van der Waals surface area contributed by atoms with Crippen molar-refractivity contribution in [1.29, 1.82) is 5.41 Å². The zero-order chi connectivity index (χ0) is 26.4. The van der Waals surface area contributed by atoms with Crippen molar-refractivity contribution < 1.29 is 23.0 Å². The van der Waals surface area contributed by atoms with Crippen molar-refractivity contribution in [3.05, 3.63) is 55.1 Å². The van der Waals surface area contributed by atoms with Gasteiger partial charge in [-0.05, 0) is 43.9 Å². The number of aromatic nitrogens is 3. The quantitative estimate of drug-likeness (QED) is 0.213. The number of halogens is 3. The molecule has 2 heterocycles. The van der Waals surface area contributed by atoms with Crippen molar-refractivity contribution >= 4 is 28.4 Å². The first kappa shape index (κ1) is 26.4. The lowest BCUT2D eigenvalue weighted by Gasteiger charge is -2.30. The van der Waals surface area contributed by atoms with Gasteiger partial charge in [-0.2, -0.15) is 13.2 Å². The monoisotopic (exact) mass is 517 g/mol. The second kappa shape index (κ2) is 11.6. The summed E-state index contributed by atoms with van der Waals surface area (Å²) in [5, 5.41) is 26.4. The van der Waals surface area contributed by atoms with E-state index in [4.69, 9.17) is 10.1 Å². The van der Waals surface area contributed by atoms with Crippen LogP contribution in [0, 0.1) is 5.41 Å². The number of aliphatic hydroxyl groups is 1. The molecule has 1 fully saturated rings. The predicted molar refractivity (Wildman–Crippen MR) is 136 cm³/mol. The summed E-state index contributed by atoms with van der Waals surface area (Å²) >= 11 is 0. The molecule has 3 aromatic rings. The molecule has 198 valence electrons. The van der Waals surface area contributed by atoms with Gasteiger partial charge in [0.05, 0.1) is 23.6 Å². The van der Waals surface area contributed by atoms with Crippen molar-refractivity contribution in [3.8, 4) is 5.75 Å². The van der Waals surface area contributed by atoms with Gasteiger partial charge in [-0.15, -0.1) is 0 Å². The number of aliphatic hydroxyl groups excluding tert-OH is 1. The Morgan fingerprint density at radius 3 is 2.73 bits per heavy atom. The molecule has 0 amide bonds. The highest BCUT2D eigenvalue weighted by molar-refractivity contribution is 6.06. The van der Waals surface area contributed by atoms with Gasteiger partial charge in [0.15, 0.2) is 6.10 Å². The number of nitrogens with zero attached hydrogens (tertiary/aromatic N) is 3. The molecular formula is C25H30F3N7O2. The van der Waals surface area contributed by atoms with Gasteiger partial charge in [0, 0.05) is 44.2 Å². The maximum atomic E-state index is 12.5. The fourth-order valence-corrected chi connectivity index (χ4v) is 4.18. The maximum Gasteiger partial charge on any atom is 0.415 e. The van der Waals surface area contributed by atoms with Crippen molar-refractivity contribution in [2.24, 2.45) is 7.05 Å². The number of aryl methyl sites for hydroxylation is 1. The van der Waals surface area contributed by atoms with Crippen LogP contribution in [0.15, 0.2) is 55.1 Å². The number of anilines is 2. The molecule has 0 spiro atoms. The SMILES string of the molecule is Cn1cnc2c(NC(=N)/C=C\Nc3ccccn3)cc(O[C@H]3CC[C@@H](NC[C@@H](O)C(F)(F)F)CC3)cc21. The summed E-state index contributed by atoms with van der Waals surface area (Å²) in [6, 6.07) is 9.08. The van der Waals surface area contributed by atoms with Crippen LogP contribution >= 0.6 is 0 Å². The van der Waals surface area contributed by atoms with E-state index in [1.54, 1.807) is 30.9 Å². The molecule has 4 rings (SSSR count). The van der Waals surface area contributed by atoms with E-state index < -0.39 is 18.8 Å². The van der Waals surface area contributed by atoms with Gasteiger partial charge in [0.2, 0.25) is 0 Å². The number of hydrogen-bond acceptors (Lipinski definition) is 7. The van der Waals surface area contributed by atoms with Crippen molar-refractivity contribution in [2.75, 3.05) is 17.2 Å². The number of alkyl halides is 3. The molecule has 1 aromatic carbocycles. The molecule has 0 saturated heterocycles. The molecule has 1 atom stereocenters. The minimum Gasteiger partial charge on any atom is -0.490 e. The molecule has 0 radical (unpaired) electrons. The smallest absolute Gasteiger partial charge is 0.415 e. The summed E-state index contributed by atoms with van der Waals surface area (Å²) in [5.41, 5.74) is 2.15. The molecular weight excluding hydrogens is 487 g/mol. The number of pyridine rings is 1. The van der Waals surface area contributed by atoms with Crippen LogP contribution in [0.25, 0.3) is 11.0 Å². The van der Waals surface area contributed by atoms with Crippen LogP contribution in [0.1, 0.15) is 25.7 Å². The number of fused-ring (bicyclic) bond motifs is 1. The highest BCUT2D eigenvalue weighted by atomic mass is 19.4. The van der Waals surface area contributed by atoms with E-state index in [1.165, 1.54) is 0 Å². The van der Waals surface area contributed by atoms with Crippen molar-refractivity contribution in [2.45, 2.75) is 50.1 Å². The van der Waals surface area contributed by atoms with Crippen LogP contribution in [-0.2, 0) is 7.05 Å². The summed E-state index contributed by atoms with van der Waals surface area (Å²) in [4.78, 5) is 8.60. The molecule has 9 nitrogen and oxygen atoms in total. The van der Waals surface area contributed by atoms with E-state index >= 15 is 0 Å². The Morgan fingerprint density at radius 1 is 1.24 bits per heavy atom. The molecule has 5 N–H and O–H groups in total. The Hall–Kier alpha value is -3.64. The largest absolute Gasteiger partial charge is 0.490 e. The zero-order valence-electron chi connectivity index (χ0n) is 20.3. The average molecular weight is 518 g/mol. The van der Waals surface area contributed by atoms with Gasteiger partial charge in [-0.3, -0.25) is 5.41 Å². The third-order valence-corrected chi connectivity index (χ3v) is 6.17. The van der Waals surface area contributed by atoms with E-state index in [2.05, 4.69) is 25.9 Å². The highest BCUT2D eigenvalue weighted by Gasteiger charge is 2.38. The molecule has 0 aliphatic heterocycles. The van der Waals surface area contributed by atoms with Gasteiger partial charge in [-0.1, -0.05) is 6.07 Å². The van der Waals surface area contributed by atoms with Crippen LogP contribution in [0.5, 0.6) is 5.75 Å². The summed E-state index contributed by atoms with van der Waals surface area (Å²) in [5.74, 6) is 1.42. The lowest BCUT2D eigenvalue weighted by molar-refractivity contribution is -0.202. The fourth-order valence-electron chi connectivity index (χ4n) is 4.18. The Kier molecular flexibility index (Phi) is 8.29. The number of imidazole rings is 1. The van der Waals surface area contributed by atoms with Crippen molar-refractivity contribution in [1.82, 2.24) is 19.9 Å². The van der Waals surface area contributed by atoms with Crippen molar-refractivity contribution in [3.63, 3.8) is 0 Å². The molecule has 1 aliphatic carbocycles. The van der Waals surface area contributed by atoms with Crippen LogP contribution in [0.3, 0.4) is 0 Å². The Labute approximate surface area is 212 Å². The molecule has 0 unspecified atom stereocenters. The standard InChI is InChI=1S/C25H30F3N7O2/c1-35-15-33-24-19(34-22(29)9-11-31-23-4-2-3-10-30-23)12-18(13-20(24)35)37-17-7-5-16(6-8-17)32-14-21(36)25(26,27)28/h2-4,9-13,15-17,21,32,36H,5-8,14H2,1H3,(H2,29,34)(H,30,31)/b11-9-/t16-,17+,21-/m1/s1. The van der Waals surface area contributed by atoms with Gasteiger partial charge >= 0.3 is 6.18 Å². The maximum absolute atomic E-state index is 12.5. The summed E-state index contributed by atoms with van der Waals surface area (Å²) in [6.45, 7) is -0.510. The summed E-state index contributed by atoms with van der Waals surface area (Å²) in [7, 11) is 1.87. The van der Waals surface area contributed by atoms with E-state index in [0.717, 1.165) is 5.52 Å². The summed E-state index contributed by atoms with van der Waals surface area (Å²) in [6.07, 6.45) is 2.11. The molecule has 0 bridgehead atoms. The lowest BCUT2D eigenvalue weighted by Crippen LogP contribution is -2.44. The van der Waals surface area contributed by atoms with Crippen LogP contribution < -0.4 is 20.7 Å². The number of nitrogens with one attached hydrogen (secondary N) is 4. The minimum absolute atomic E-state index is 0.0916. The third kappa shape index (κ3) is 7.20. The van der Waals surface area contributed by atoms with Crippen LogP contribution in [0.4, 0.5) is 24.7 Å². The zero-order valence-corrected chi connectivity index (χ0v) is 20.3. The molecule has 1 aliphatic rings. The number of ether oxygens (including phenoxy) is 1. The first-order chi connectivity index (χ1) is 17.7. The van der Waals surface area contributed by atoms with E-state index in [1.807, 2.05) is 35.9 Å². The molecule has 12 heteroatoms. The number of rotatable bonds is 9. The Morgan fingerprint density at radius 2 is 2.03 bits per heavy atom. The van der Waals surface area contributed by atoms with E-state index in [9.17, 15) is 18.3 Å². The minimum atomic E-state index is -4.62. The first-order valence-corrected chi connectivity index (χ1v) is 12.0.